The number of aromatic nitrogens is 2. The van der Waals surface area contributed by atoms with Gasteiger partial charge >= 0.3 is 0 Å². The van der Waals surface area contributed by atoms with Crippen molar-refractivity contribution in [3.8, 4) is 0 Å². The van der Waals surface area contributed by atoms with Gasteiger partial charge in [-0.3, -0.25) is 14.4 Å². The molecule has 2 heterocycles. The Labute approximate surface area is 144 Å². The van der Waals surface area contributed by atoms with Gasteiger partial charge in [-0.25, -0.2) is 8.42 Å². The molecule has 0 aliphatic carbocycles. The van der Waals surface area contributed by atoms with Crippen LogP contribution in [-0.2, 0) is 21.9 Å². The number of nitrogens with zero attached hydrogens (tertiary/aromatic N) is 5. The third-order valence-electron chi connectivity index (χ3n) is 4.45. The highest BCUT2D eigenvalue weighted by Crippen LogP contribution is 2.24. The van der Waals surface area contributed by atoms with Crippen LogP contribution >= 0.6 is 0 Å². The van der Waals surface area contributed by atoms with Crippen LogP contribution in [0.5, 0.6) is 0 Å². The van der Waals surface area contributed by atoms with Gasteiger partial charge in [-0.15, -0.1) is 0 Å². The van der Waals surface area contributed by atoms with Crippen LogP contribution in [0, 0.1) is 13.8 Å². The van der Waals surface area contributed by atoms with Crippen molar-refractivity contribution in [2.45, 2.75) is 25.2 Å². The van der Waals surface area contributed by atoms with Crippen LogP contribution in [0.4, 0.5) is 0 Å². The van der Waals surface area contributed by atoms with Crippen LogP contribution in [-0.4, -0.2) is 85.0 Å². The van der Waals surface area contributed by atoms with E-state index in [1.807, 2.05) is 4.90 Å². The first-order chi connectivity index (χ1) is 11.1. The van der Waals surface area contributed by atoms with Crippen molar-refractivity contribution in [3.05, 3.63) is 11.4 Å². The Morgan fingerprint density at radius 1 is 1.17 bits per heavy atom. The molecule has 0 atom stereocenters. The van der Waals surface area contributed by atoms with E-state index in [0.717, 1.165) is 6.54 Å². The molecule has 1 fully saturated rings. The van der Waals surface area contributed by atoms with Gasteiger partial charge in [-0.1, -0.05) is 0 Å². The SMILES string of the molecule is Cc1nn(C)c(C)c1S(=O)(=O)N1CCCN(CC(=O)N(C)C)CC1. The maximum atomic E-state index is 13.0. The van der Waals surface area contributed by atoms with E-state index in [-0.39, 0.29) is 5.91 Å². The lowest BCUT2D eigenvalue weighted by Gasteiger charge is -2.22. The smallest absolute Gasteiger partial charge is 0.246 e. The van der Waals surface area contributed by atoms with Crippen LogP contribution in [0.3, 0.4) is 0 Å². The summed E-state index contributed by atoms with van der Waals surface area (Å²) < 4.78 is 29.1. The molecule has 24 heavy (non-hydrogen) atoms. The monoisotopic (exact) mass is 357 g/mol. The number of aryl methyl sites for hydroxylation is 2. The van der Waals surface area contributed by atoms with E-state index in [0.29, 0.717) is 48.9 Å². The van der Waals surface area contributed by atoms with Crippen LogP contribution in [0.15, 0.2) is 4.90 Å². The molecule has 1 aliphatic rings. The zero-order valence-electron chi connectivity index (χ0n) is 15.1. The van der Waals surface area contributed by atoms with E-state index >= 15 is 0 Å². The Kier molecular flexibility index (Phi) is 5.67. The predicted molar refractivity (Wildman–Crippen MR) is 91.2 cm³/mol. The van der Waals surface area contributed by atoms with Gasteiger partial charge in [-0.05, 0) is 26.8 Å². The van der Waals surface area contributed by atoms with E-state index < -0.39 is 10.0 Å². The quantitative estimate of drug-likeness (QED) is 0.747. The molecule has 0 unspecified atom stereocenters. The number of amides is 1. The van der Waals surface area contributed by atoms with E-state index in [9.17, 15) is 13.2 Å². The largest absolute Gasteiger partial charge is 0.348 e. The summed E-state index contributed by atoms with van der Waals surface area (Å²) in [7, 11) is 1.64. The van der Waals surface area contributed by atoms with E-state index in [2.05, 4.69) is 5.10 Å². The minimum Gasteiger partial charge on any atom is -0.348 e. The second kappa shape index (κ2) is 7.20. The number of likely N-dealkylation sites (N-methyl/N-ethyl adjacent to an activating group) is 1. The highest BCUT2D eigenvalue weighted by Gasteiger charge is 2.32. The number of hydrogen-bond acceptors (Lipinski definition) is 5. The molecule has 9 heteroatoms. The maximum Gasteiger partial charge on any atom is 0.246 e. The Morgan fingerprint density at radius 3 is 2.38 bits per heavy atom. The molecule has 8 nitrogen and oxygen atoms in total. The van der Waals surface area contributed by atoms with E-state index in [1.165, 1.54) is 4.31 Å². The van der Waals surface area contributed by atoms with Crippen LogP contribution < -0.4 is 0 Å². The molecule has 1 aliphatic heterocycles. The first-order valence-corrected chi connectivity index (χ1v) is 9.51. The zero-order valence-corrected chi connectivity index (χ0v) is 15.9. The van der Waals surface area contributed by atoms with Crippen molar-refractivity contribution in [2.75, 3.05) is 46.8 Å². The summed E-state index contributed by atoms with van der Waals surface area (Å²) in [5.41, 5.74) is 1.18. The highest BCUT2D eigenvalue weighted by atomic mass is 32.2. The third kappa shape index (κ3) is 3.79. The maximum absolute atomic E-state index is 13.0. The molecule has 1 aromatic heterocycles. The van der Waals surface area contributed by atoms with Gasteiger partial charge in [0.25, 0.3) is 0 Å². The minimum atomic E-state index is -3.57. The minimum absolute atomic E-state index is 0.0326. The Balaban J connectivity index is 2.14. The molecule has 0 spiro atoms. The molecule has 0 N–H and O–H groups in total. The molecule has 1 aromatic rings. The molecular weight excluding hydrogens is 330 g/mol. The Morgan fingerprint density at radius 2 is 1.83 bits per heavy atom. The fourth-order valence-electron chi connectivity index (χ4n) is 2.94. The van der Waals surface area contributed by atoms with Crippen molar-refractivity contribution in [3.63, 3.8) is 0 Å². The summed E-state index contributed by atoms with van der Waals surface area (Å²) in [4.78, 5) is 15.7. The molecular formula is C15H27N5O3S. The molecule has 0 aromatic carbocycles. The lowest BCUT2D eigenvalue weighted by atomic mass is 10.4. The first kappa shape index (κ1) is 18.9. The number of carbonyl (C=O) groups excluding carboxylic acids is 1. The summed E-state index contributed by atoms with van der Waals surface area (Å²) in [6.45, 7) is 5.94. The molecule has 1 amide bonds. The van der Waals surface area contributed by atoms with Crippen LogP contribution in [0.25, 0.3) is 0 Å². The highest BCUT2D eigenvalue weighted by molar-refractivity contribution is 7.89. The van der Waals surface area contributed by atoms with Gasteiger partial charge in [0, 0.05) is 40.8 Å². The summed E-state index contributed by atoms with van der Waals surface area (Å²) in [6.07, 6.45) is 0.707. The summed E-state index contributed by atoms with van der Waals surface area (Å²) in [5, 5.41) is 4.22. The Hall–Kier alpha value is -1.45. The fraction of sp³-hybridized carbons (Fsp3) is 0.733. The number of carbonyl (C=O) groups is 1. The number of sulfonamides is 1. The molecule has 0 saturated carbocycles. The topological polar surface area (TPSA) is 78.8 Å². The van der Waals surface area contributed by atoms with Gasteiger partial charge in [0.1, 0.15) is 4.90 Å². The normalized spacial score (nSPS) is 17.7. The van der Waals surface area contributed by atoms with Gasteiger partial charge in [0.2, 0.25) is 15.9 Å². The zero-order chi connectivity index (χ0) is 18.1. The second-order valence-corrected chi connectivity index (χ2v) is 8.32. The lowest BCUT2D eigenvalue weighted by molar-refractivity contribution is -0.129. The summed E-state index contributed by atoms with van der Waals surface area (Å²) in [5.74, 6) is 0.0326. The molecule has 1 saturated heterocycles. The van der Waals surface area contributed by atoms with Gasteiger partial charge in [-0.2, -0.15) is 9.40 Å². The van der Waals surface area contributed by atoms with Gasteiger partial charge in [0.15, 0.2) is 0 Å². The van der Waals surface area contributed by atoms with Crippen molar-refractivity contribution in [2.24, 2.45) is 7.05 Å². The van der Waals surface area contributed by atoms with Crippen molar-refractivity contribution in [1.29, 1.82) is 0 Å². The number of rotatable bonds is 4. The molecule has 2 rings (SSSR count). The summed E-state index contributed by atoms with van der Waals surface area (Å²) >= 11 is 0. The van der Waals surface area contributed by atoms with Crippen molar-refractivity contribution in [1.82, 2.24) is 23.9 Å². The lowest BCUT2D eigenvalue weighted by Crippen LogP contribution is -2.39. The van der Waals surface area contributed by atoms with Crippen molar-refractivity contribution < 1.29 is 13.2 Å². The van der Waals surface area contributed by atoms with Crippen LogP contribution in [0.1, 0.15) is 17.8 Å². The summed E-state index contributed by atoms with van der Waals surface area (Å²) in [6, 6.07) is 0. The molecule has 0 radical (unpaired) electrons. The molecule has 0 bridgehead atoms. The van der Waals surface area contributed by atoms with E-state index in [4.69, 9.17) is 0 Å². The van der Waals surface area contributed by atoms with Crippen molar-refractivity contribution >= 4 is 15.9 Å². The van der Waals surface area contributed by atoms with Gasteiger partial charge in [0.05, 0.1) is 17.9 Å². The Bertz CT molecular complexity index is 711. The second-order valence-electron chi connectivity index (χ2n) is 6.45. The molecule has 136 valence electrons. The van der Waals surface area contributed by atoms with Gasteiger partial charge < -0.3 is 4.90 Å². The standard InChI is InChI=1S/C15H27N5O3S/c1-12-15(13(2)18(5)16-12)24(22,23)20-8-6-7-19(9-10-20)11-14(21)17(3)4/h6-11H2,1-5H3. The predicted octanol–water partition coefficient (Wildman–Crippen LogP) is -0.178. The average Bonchev–Trinajstić information content (AvgIpc) is 2.67. The average molecular weight is 357 g/mol. The third-order valence-corrected chi connectivity index (χ3v) is 6.60. The van der Waals surface area contributed by atoms with E-state index in [1.54, 1.807) is 44.6 Å². The first-order valence-electron chi connectivity index (χ1n) is 8.07. The number of hydrogen-bond donors (Lipinski definition) is 0. The fourth-order valence-corrected chi connectivity index (χ4v) is 4.80. The van der Waals surface area contributed by atoms with Crippen LogP contribution in [0.2, 0.25) is 0 Å².